The number of fused-ring (bicyclic) bond motifs is 1. The molecule has 4 aromatic rings. The highest BCUT2D eigenvalue weighted by molar-refractivity contribution is 5.97. The summed E-state index contributed by atoms with van der Waals surface area (Å²) in [6, 6.07) is 8.23. The van der Waals surface area contributed by atoms with Crippen molar-refractivity contribution in [2.75, 3.05) is 18.9 Å². The Morgan fingerprint density at radius 3 is 2.79 bits per heavy atom. The van der Waals surface area contributed by atoms with E-state index in [2.05, 4.69) is 20.4 Å². The van der Waals surface area contributed by atoms with Crippen molar-refractivity contribution in [3.63, 3.8) is 0 Å². The van der Waals surface area contributed by atoms with E-state index in [9.17, 15) is 9.18 Å². The van der Waals surface area contributed by atoms with Gasteiger partial charge in [-0.15, -0.1) is 5.10 Å². The molecule has 0 spiro atoms. The number of pyridine rings is 2. The summed E-state index contributed by atoms with van der Waals surface area (Å²) in [4.78, 5) is 21.9. The number of halogens is 1. The molecule has 0 radical (unpaired) electrons. The molecule has 0 bridgehead atoms. The highest BCUT2D eigenvalue weighted by atomic mass is 19.1. The number of nitrogens with one attached hydrogen (secondary N) is 1. The predicted octanol–water partition coefficient (Wildman–Crippen LogP) is 4.72. The Balaban J connectivity index is 1.38. The number of nitrogens with two attached hydrogens (primary N) is 1. The molecule has 1 aliphatic carbocycles. The summed E-state index contributed by atoms with van der Waals surface area (Å²) in [5, 5.41) is 6.99. The van der Waals surface area contributed by atoms with E-state index < -0.39 is 0 Å². The minimum absolute atomic E-state index is 0.0954. The maximum Gasteiger partial charge on any atom is 0.257 e. The number of hydrogen-bond donors (Lipinski definition) is 2. The lowest BCUT2D eigenvalue weighted by Gasteiger charge is -2.18. The van der Waals surface area contributed by atoms with Crippen molar-refractivity contribution in [3.8, 4) is 22.8 Å². The second-order valence-electron chi connectivity index (χ2n) is 9.55. The number of amides is 1. The summed E-state index contributed by atoms with van der Waals surface area (Å²) in [5.41, 5.74) is 9.33. The van der Waals surface area contributed by atoms with Crippen LogP contribution in [0.3, 0.4) is 0 Å². The third-order valence-electron chi connectivity index (χ3n) is 6.76. The predicted molar refractivity (Wildman–Crippen MR) is 142 cm³/mol. The fourth-order valence-electron chi connectivity index (χ4n) is 4.89. The van der Waals surface area contributed by atoms with Crippen LogP contribution >= 0.6 is 0 Å². The number of carbonyl (C=O) groups is 1. The summed E-state index contributed by atoms with van der Waals surface area (Å²) in [5.74, 6) is 0.762. The van der Waals surface area contributed by atoms with Crippen molar-refractivity contribution in [1.82, 2.24) is 24.9 Å². The highest BCUT2D eigenvalue weighted by Gasteiger charge is 2.20. The van der Waals surface area contributed by atoms with Crippen molar-refractivity contribution in [1.29, 1.82) is 0 Å². The Labute approximate surface area is 220 Å². The minimum atomic E-state index is -0.390. The number of carbonyl (C=O) groups excluding carboxylic acids is 1. The van der Waals surface area contributed by atoms with E-state index in [1.54, 1.807) is 23.0 Å². The first kappa shape index (κ1) is 25.4. The van der Waals surface area contributed by atoms with Crippen LogP contribution in [-0.4, -0.2) is 38.7 Å². The van der Waals surface area contributed by atoms with Crippen molar-refractivity contribution < 1.29 is 18.7 Å². The SMILES string of the molecule is CCOc1ncc(-c2ccn3nc(N)nc3c2)cc1C(=O)NCc1cc(F)cc(C)c1OCC1CCCC1. The van der Waals surface area contributed by atoms with Gasteiger partial charge in [0.05, 0.1) is 13.2 Å². The zero-order chi connectivity index (χ0) is 26.6. The van der Waals surface area contributed by atoms with Gasteiger partial charge in [-0.3, -0.25) is 4.79 Å². The van der Waals surface area contributed by atoms with Gasteiger partial charge in [-0.25, -0.2) is 13.9 Å². The van der Waals surface area contributed by atoms with Crippen LogP contribution in [-0.2, 0) is 6.54 Å². The Morgan fingerprint density at radius 1 is 1.18 bits per heavy atom. The van der Waals surface area contributed by atoms with Gasteiger partial charge in [0.2, 0.25) is 11.8 Å². The molecule has 0 atom stereocenters. The average Bonchev–Trinajstić information content (AvgIpc) is 3.55. The molecule has 1 saturated carbocycles. The Hall–Kier alpha value is -4.21. The number of benzene rings is 1. The van der Waals surface area contributed by atoms with Gasteiger partial charge in [-0.2, -0.15) is 4.98 Å². The zero-order valence-corrected chi connectivity index (χ0v) is 21.5. The first-order valence-corrected chi connectivity index (χ1v) is 12.9. The van der Waals surface area contributed by atoms with Gasteiger partial charge in [0, 0.05) is 30.1 Å². The zero-order valence-electron chi connectivity index (χ0n) is 21.5. The van der Waals surface area contributed by atoms with Crippen molar-refractivity contribution in [2.45, 2.75) is 46.1 Å². The van der Waals surface area contributed by atoms with E-state index in [0.717, 1.165) is 18.4 Å². The van der Waals surface area contributed by atoms with Crippen LogP contribution in [0.5, 0.6) is 11.6 Å². The van der Waals surface area contributed by atoms with E-state index in [0.29, 0.717) is 47.2 Å². The number of ether oxygens (including phenoxy) is 2. The van der Waals surface area contributed by atoms with E-state index in [-0.39, 0.29) is 35.7 Å². The summed E-state index contributed by atoms with van der Waals surface area (Å²) in [6.07, 6.45) is 8.10. The summed E-state index contributed by atoms with van der Waals surface area (Å²) < 4.78 is 27.6. The van der Waals surface area contributed by atoms with Crippen LogP contribution in [0.15, 0.2) is 42.7 Å². The smallest absolute Gasteiger partial charge is 0.257 e. The Morgan fingerprint density at radius 2 is 2.00 bits per heavy atom. The molecule has 5 rings (SSSR count). The highest BCUT2D eigenvalue weighted by Crippen LogP contribution is 2.30. The summed E-state index contributed by atoms with van der Waals surface area (Å²) in [7, 11) is 0. The standard InChI is InChI=1S/C28H31FN6O3/c1-3-37-27-23(12-20(14-32-27)19-8-9-35-24(13-19)33-28(30)34-35)26(36)31-15-21-11-22(29)10-17(2)25(21)38-16-18-6-4-5-7-18/h8-14,18H,3-7,15-16H2,1-2H3,(H2,30,34)(H,31,36). The van der Waals surface area contributed by atoms with Crippen molar-refractivity contribution >= 4 is 17.5 Å². The van der Waals surface area contributed by atoms with Crippen molar-refractivity contribution in [2.24, 2.45) is 5.92 Å². The fraction of sp³-hybridized carbons (Fsp3) is 0.357. The average molecular weight is 519 g/mol. The lowest BCUT2D eigenvalue weighted by atomic mass is 10.1. The van der Waals surface area contributed by atoms with Crippen molar-refractivity contribution in [3.05, 3.63) is 65.2 Å². The van der Waals surface area contributed by atoms with Crippen LogP contribution < -0.4 is 20.5 Å². The number of nitrogen functional groups attached to an aromatic ring is 1. The molecule has 38 heavy (non-hydrogen) atoms. The quantitative estimate of drug-likeness (QED) is 0.329. The molecule has 1 aromatic carbocycles. The Bertz CT molecular complexity index is 1460. The summed E-state index contributed by atoms with van der Waals surface area (Å²) in [6.45, 7) is 4.68. The van der Waals surface area contributed by atoms with Crippen LogP contribution in [0, 0.1) is 18.7 Å². The Kier molecular flexibility index (Phi) is 7.39. The molecule has 10 heteroatoms. The normalized spacial score (nSPS) is 13.7. The van der Waals surface area contributed by atoms with Gasteiger partial charge < -0.3 is 20.5 Å². The van der Waals surface area contributed by atoms with E-state index in [4.69, 9.17) is 15.2 Å². The first-order valence-electron chi connectivity index (χ1n) is 12.9. The van der Waals surface area contributed by atoms with E-state index in [1.165, 1.54) is 25.0 Å². The molecule has 3 aromatic heterocycles. The number of aryl methyl sites for hydroxylation is 1. The topological polar surface area (TPSA) is 117 Å². The number of hydrogen-bond acceptors (Lipinski definition) is 7. The van der Waals surface area contributed by atoms with Gasteiger partial charge >= 0.3 is 0 Å². The molecule has 1 fully saturated rings. The van der Waals surface area contributed by atoms with Gasteiger partial charge in [-0.05, 0) is 74.1 Å². The maximum atomic E-state index is 14.3. The fourth-order valence-corrected chi connectivity index (χ4v) is 4.89. The molecule has 9 nitrogen and oxygen atoms in total. The maximum absolute atomic E-state index is 14.3. The number of rotatable bonds is 9. The molecule has 198 valence electrons. The summed E-state index contributed by atoms with van der Waals surface area (Å²) >= 11 is 0. The third-order valence-corrected chi connectivity index (χ3v) is 6.76. The van der Waals surface area contributed by atoms with Gasteiger partial charge in [-0.1, -0.05) is 12.8 Å². The van der Waals surface area contributed by atoms with E-state index in [1.807, 2.05) is 26.0 Å². The second-order valence-corrected chi connectivity index (χ2v) is 9.55. The molecular weight excluding hydrogens is 487 g/mol. The minimum Gasteiger partial charge on any atom is -0.493 e. The lowest BCUT2D eigenvalue weighted by Crippen LogP contribution is -2.24. The molecule has 0 aliphatic heterocycles. The molecule has 1 aliphatic rings. The van der Waals surface area contributed by atoms with Gasteiger partial charge in [0.15, 0.2) is 5.65 Å². The molecule has 0 saturated heterocycles. The van der Waals surface area contributed by atoms with E-state index >= 15 is 0 Å². The van der Waals surface area contributed by atoms with Crippen LogP contribution in [0.4, 0.5) is 10.3 Å². The van der Waals surface area contributed by atoms with Gasteiger partial charge in [0.25, 0.3) is 5.91 Å². The largest absolute Gasteiger partial charge is 0.493 e. The molecule has 3 heterocycles. The monoisotopic (exact) mass is 518 g/mol. The lowest BCUT2D eigenvalue weighted by molar-refractivity contribution is 0.0945. The molecule has 1 amide bonds. The first-order chi connectivity index (χ1) is 18.4. The van der Waals surface area contributed by atoms with Crippen LogP contribution in [0.2, 0.25) is 0 Å². The van der Waals surface area contributed by atoms with Gasteiger partial charge in [0.1, 0.15) is 17.1 Å². The molecule has 0 unspecified atom stereocenters. The number of nitrogens with zero attached hydrogens (tertiary/aromatic N) is 4. The van der Waals surface area contributed by atoms with Crippen LogP contribution in [0.25, 0.3) is 16.8 Å². The second kappa shape index (κ2) is 11.0. The number of anilines is 1. The molecular formula is C28H31FN6O3. The van der Waals surface area contributed by atoms with Crippen LogP contribution in [0.1, 0.15) is 54.1 Å². The number of aromatic nitrogens is 4. The molecule has 3 N–H and O–H groups in total. The third kappa shape index (κ3) is 5.53.